The predicted octanol–water partition coefficient (Wildman–Crippen LogP) is 2.77. The maximum atomic E-state index is 12.0. The van der Waals surface area contributed by atoms with Crippen molar-refractivity contribution in [2.75, 3.05) is 45.9 Å². The molecular formula is C19H37IN4O2. The Morgan fingerprint density at radius 1 is 1.23 bits per heavy atom. The maximum absolute atomic E-state index is 12.0. The standard InChI is InChI=1S/C19H36N4O2.HI/c1-2-20-19(22-12-7-15-25-16-17-9-10-17)21-11-6-14-23-13-5-3-4-8-18(23)24;/h17H,2-16H2,1H3,(H2,20,21,22);1H. The van der Waals surface area contributed by atoms with Gasteiger partial charge in [-0.05, 0) is 51.4 Å². The van der Waals surface area contributed by atoms with Crippen LogP contribution in [0.25, 0.3) is 0 Å². The van der Waals surface area contributed by atoms with Crippen LogP contribution < -0.4 is 10.6 Å². The van der Waals surface area contributed by atoms with Gasteiger partial charge in [0.2, 0.25) is 5.91 Å². The van der Waals surface area contributed by atoms with Gasteiger partial charge in [-0.2, -0.15) is 0 Å². The van der Waals surface area contributed by atoms with Crippen LogP contribution in [0.15, 0.2) is 4.99 Å². The van der Waals surface area contributed by atoms with Crippen molar-refractivity contribution < 1.29 is 9.53 Å². The molecule has 1 heterocycles. The Hall–Kier alpha value is -0.570. The van der Waals surface area contributed by atoms with Crippen LogP contribution in [0.5, 0.6) is 0 Å². The average molecular weight is 480 g/mol. The molecule has 26 heavy (non-hydrogen) atoms. The van der Waals surface area contributed by atoms with Crippen LogP contribution in [-0.4, -0.2) is 62.7 Å². The predicted molar refractivity (Wildman–Crippen MR) is 117 cm³/mol. The molecule has 1 aliphatic heterocycles. The zero-order valence-corrected chi connectivity index (χ0v) is 18.6. The molecule has 1 aliphatic carbocycles. The lowest BCUT2D eigenvalue weighted by Gasteiger charge is -2.20. The Kier molecular flexibility index (Phi) is 13.1. The zero-order chi connectivity index (χ0) is 17.7. The van der Waals surface area contributed by atoms with Gasteiger partial charge in [0.15, 0.2) is 5.96 Å². The van der Waals surface area contributed by atoms with Gasteiger partial charge >= 0.3 is 0 Å². The second kappa shape index (κ2) is 14.5. The second-order valence-corrected chi connectivity index (χ2v) is 7.10. The van der Waals surface area contributed by atoms with E-state index in [2.05, 4.69) is 22.5 Å². The number of carbonyl (C=O) groups excluding carboxylic acids is 1. The number of ether oxygens (including phenoxy) is 1. The molecule has 0 bridgehead atoms. The van der Waals surface area contributed by atoms with Gasteiger partial charge in [0.05, 0.1) is 0 Å². The third kappa shape index (κ3) is 10.5. The van der Waals surface area contributed by atoms with Crippen molar-refractivity contribution in [3.05, 3.63) is 0 Å². The molecule has 152 valence electrons. The molecule has 0 atom stereocenters. The number of aliphatic imine (C=N–C) groups is 1. The molecule has 0 unspecified atom stereocenters. The fourth-order valence-electron chi connectivity index (χ4n) is 2.98. The van der Waals surface area contributed by atoms with E-state index < -0.39 is 0 Å². The highest BCUT2D eigenvalue weighted by Crippen LogP contribution is 2.28. The third-order valence-electron chi connectivity index (χ3n) is 4.68. The minimum atomic E-state index is 0. The van der Waals surface area contributed by atoms with E-state index >= 15 is 0 Å². The number of hydrogen-bond donors (Lipinski definition) is 2. The molecule has 0 spiro atoms. The van der Waals surface area contributed by atoms with Crippen LogP contribution in [-0.2, 0) is 9.53 Å². The molecule has 1 saturated heterocycles. The van der Waals surface area contributed by atoms with Gasteiger partial charge in [-0.3, -0.25) is 9.79 Å². The summed E-state index contributed by atoms with van der Waals surface area (Å²) in [7, 11) is 0. The molecule has 1 saturated carbocycles. The largest absolute Gasteiger partial charge is 0.381 e. The van der Waals surface area contributed by atoms with E-state index in [1.54, 1.807) is 0 Å². The summed E-state index contributed by atoms with van der Waals surface area (Å²) in [5.41, 5.74) is 0. The highest BCUT2D eigenvalue weighted by atomic mass is 127. The number of likely N-dealkylation sites (tertiary alicyclic amines) is 1. The Morgan fingerprint density at radius 3 is 2.85 bits per heavy atom. The number of nitrogens with zero attached hydrogens (tertiary/aromatic N) is 2. The van der Waals surface area contributed by atoms with Crippen molar-refractivity contribution in [1.29, 1.82) is 0 Å². The third-order valence-corrected chi connectivity index (χ3v) is 4.68. The minimum absolute atomic E-state index is 0. The van der Waals surface area contributed by atoms with Gasteiger partial charge in [-0.25, -0.2) is 0 Å². The van der Waals surface area contributed by atoms with Crippen LogP contribution in [0.3, 0.4) is 0 Å². The van der Waals surface area contributed by atoms with Crippen molar-refractivity contribution in [3.63, 3.8) is 0 Å². The average Bonchev–Trinajstić information content (AvgIpc) is 3.44. The lowest BCUT2D eigenvalue weighted by Crippen LogP contribution is -2.38. The molecule has 0 aromatic heterocycles. The summed E-state index contributed by atoms with van der Waals surface area (Å²) in [5.74, 6) is 2.02. The Balaban J connectivity index is 0.00000338. The zero-order valence-electron chi connectivity index (χ0n) is 16.3. The molecule has 2 fully saturated rings. The number of nitrogens with one attached hydrogen (secondary N) is 2. The quantitative estimate of drug-likeness (QED) is 0.207. The summed E-state index contributed by atoms with van der Waals surface area (Å²) in [5, 5.41) is 6.64. The van der Waals surface area contributed by atoms with Crippen LogP contribution in [0.4, 0.5) is 0 Å². The number of amides is 1. The van der Waals surface area contributed by atoms with Crippen LogP contribution in [0.2, 0.25) is 0 Å². The van der Waals surface area contributed by atoms with Gasteiger partial charge in [-0.15, -0.1) is 24.0 Å². The molecule has 0 radical (unpaired) electrons. The Bertz CT molecular complexity index is 416. The van der Waals surface area contributed by atoms with Crippen molar-refractivity contribution in [3.8, 4) is 0 Å². The Labute approximate surface area is 175 Å². The van der Waals surface area contributed by atoms with Gasteiger partial charge in [-0.1, -0.05) is 6.42 Å². The summed E-state index contributed by atoms with van der Waals surface area (Å²) in [6.07, 6.45) is 8.70. The van der Waals surface area contributed by atoms with E-state index in [4.69, 9.17) is 4.74 Å². The molecule has 0 aromatic rings. The molecular weight excluding hydrogens is 443 g/mol. The van der Waals surface area contributed by atoms with Crippen molar-refractivity contribution in [2.45, 2.75) is 58.3 Å². The molecule has 1 amide bonds. The van der Waals surface area contributed by atoms with Gasteiger partial charge < -0.3 is 20.3 Å². The van der Waals surface area contributed by atoms with Gasteiger partial charge in [0.25, 0.3) is 0 Å². The summed E-state index contributed by atoms with van der Waals surface area (Å²) >= 11 is 0. The Morgan fingerprint density at radius 2 is 2.08 bits per heavy atom. The summed E-state index contributed by atoms with van der Waals surface area (Å²) in [6, 6.07) is 0. The first-order valence-corrected chi connectivity index (χ1v) is 10.2. The number of hydrogen-bond acceptors (Lipinski definition) is 3. The van der Waals surface area contributed by atoms with E-state index in [9.17, 15) is 4.79 Å². The molecule has 2 rings (SSSR count). The topological polar surface area (TPSA) is 66.0 Å². The van der Waals surface area contributed by atoms with Crippen LogP contribution in [0.1, 0.15) is 58.3 Å². The van der Waals surface area contributed by atoms with Gasteiger partial charge in [0, 0.05) is 52.4 Å². The van der Waals surface area contributed by atoms with E-state index in [-0.39, 0.29) is 24.0 Å². The van der Waals surface area contributed by atoms with Crippen LogP contribution in [0, 0.1) is 5.92 Å². The van der Waals surface area contributed by atoms with Crippen molar-refractivity contribution >= 4 is 35.8 Å². The second-order valence-electron chi connectivity index (χ2n) is 7.10. The first-order chi connectivity index (χ1) is 12.3. The normalized spacial score (nSPS) is 18.3. The number of halogens is 1. The van der Waals surface area contributed by atoms with Crippen molar-refractivity contribution in [2.24, 2.45) is 10.9 Å². The van der Waals surface area contributed by atoms with E-state index in [1.165, 1.54) is 19.3 Å². The van der Waals surface area contributed by atoms with E-state index in [0.29, 0.717) is 5.91 Å². The van der Waals surface area contributed by atoms with Crippen molar-refractivity contribution in [1.82, 2.24) is 15.5 Å². The molecule has 2 N–H and O–H groups in total. The highest BCUT2D eigenvalue weighted by Gasteiger charge is 2.20. The fourth-order valence-corrected chi connectivity index (χ4v) is 2.98. The molecule has 2 aliphatic rings. The summed E-state index contributed by atoms with van der Waals surface area (Å²) in [6.45, 7) is 8.06. The number of guanidine groups is 1. The van der Waals surface area contributed by atoms with Crippen LogP contribution >= 0.6 is 24.0 Å². The fraction of sp³-hybridized carbons (Fsp3) is 0.895. The van der Waals surface area contributed by atoms with E-state index in [1.807, 2.05) is 4.90 Å². The number of carbonyl (C=O) groups is 1. The minimum Gasteiger partial charge on any atom is -0.381 e. The van der Waals surface area contributed by atoms with Gasteiger partial charge in [0.1, 0.15) is 0 Å². The first kappa shape index (κ1) is 23.5. The lowest BCUT2D eigenvalue weighted by atomic mass is 10.2. The maximum Gasteiger partial charge on any atom is 0.222 e. The summed E-state index contributed by atoms with van der Waals surface area (Å²) < 4.78 is 5.65. The lowest BCUT2D eigenvalue weighted by molar-refractivity contribution is -0.130. The SMILES string of the molecule is CCNC(=NCCCN1CCCCCC1=O)NCCCOCC1CC1.I. The smallest absolute Gasteiger partial charge is 0.222 e. The number of rotatable bonds is 11. The van der Waals surface area contributed by atoms with E-state index in [0.717, 1.165) is 89.9 Å². The first-order valence-electron chi connectivity index (χ1n) is 10.2. The molecule has 0 aromatic carbocycles. The highest BCUT2D eigenvalue weighted by molar-refractivity contribution is 14.0. The monoisotopic (exact) mass is 480 g/mol. The molecule has 7 heteroatoms. The molecule has 6 nitrogen and oxygen atoms in total. The summed E-state index contributed by atoms with van der Waals surface area (Å²) in [4.78, 5) is 18.6.